The van der Waals surface area contributed by atoms with Gasteiger partial charge in [-0.3, -0.25) is 4.79 Å². The molecule has 0 saturated carbocycles. The quantitative estimate of drug-likeness (QED) is 0.253. The van der Waals surface area contributed by atoms with Crippen molar-refractivity contribution in [3.05, 3.63) is 0 Å². The molecule has 0 spiro atoms. The second-order valence-corrected chi connectivity index (χ2v) is 5.52. The van der Waals surface area contributed by atoms with E-state index in [9.17, 15) is 4.79 Å². The first-order chi connectivity index (χ1) is 13.3. The smallest absolute Gasteiger partial charge is 0.303 e. The van der Waals surface area contributed by atoms with Crippen LogP contribution in [0.4, 0.5) is 0 Å². The summed E-state index contributed by atoms with van der Waals surface area (Å²) in [6.45, 7) is 6.98. The highest BCUT2D eigenvalue weighted by Gasteiger charge is 1.97. The minimum atomic E-state index is -0.767. The maximum atomic E-state index is 10.3. The molecule has 0 bridgehead atoms. The molecule has 0 unspecified atom stereocenters. The average Bonchev–Trinajstić information content (AvgIpc) is 2.65. The first-order valence-corrected chi connectivity index (χ1v) is 9.44. The fraction of sp³-hybridized carbons (Fsp3) is 0.944. The Labute approximate surface area is 162 Å². The first kappa shape index (κ1) is 26.2. The van der Waals surface area contributed by atoms with Gasteiger partial charge in [0.25, 0.3) is 0 Å². The maximum absolute atomic E-state index is 10.3. The molecular formula is C18H36O9. The molecule has 0 radical (unpaired) electrons. The van der Waals surface area contributed by atoms with Gasteiger partial charge in [-0.05, 0) is 12.8 Å². The number of aliphatic carboxylic acids is 1. The molecule has 0 aliphatic rings. The van der Waals surface area contributed by atoms with E-state index >= 15 is 0 Å². The molecule has 9 heteroatoms. The Morgan fingerprint density at radius 2 is 0.889 bits per heavy atom. The molecular weight excluding hydrogens is 360 g/mol. The number of ether oxygens (including phenoxy) is 7. The van der Waals surface area contributed by atoms with E-state index in [4.69, 9.17) is 38.3 Å². The SMILES string of the molecule is COCCOCCOCCOCCOCCOCCOCCCCC(=O)O. The van der Waals surface area contributed by atoms with Crippen molar-refractivity contribution in [2.45, 2.75) is 19.3 Å². The fourth-order valence-corrected chi connectivity index (χ4v) is 1.82. The van der Waals surface area contributed by atoms with Crippen molar-refractivity contribution >= 4 is 5.97 Å². The largest absolute Gasteiger partial charge is 0.481 e. The van der Waals surface area contributed by atoms with Crippen molar-refractivity contribution in [3.8, 4) is 0 Å². The van der Waals surface area contributed by atoms with E-state index in [1.807, 2.05) is 0 Å². The second-order valence-electron chi connectivity index (χ2n) is 5.52. The minimum Gasteiger partial charge on any atom is -0.481 e. The molecule has 162 valence electrons. The summed E-state index contributed by atoms with van der Waals surface area (Å²) in [5.74, 6) is -0.767. The van der Waals surface area contributed by atoms with Crippen LogP contribution in [0, 0.1) is 0 Å². The van der Waals surface area contributed by atoms with E-state index in [2.05, 4.69) is 0 Å². The van der Waals surface area contributed by atoms with Crippen molar-refractivity contribution in [1.29, 1.82) is 0 Å². The zero-order chi connectivity index (χ0) is 19.8. The highest BCUT2D eigenvalue weighted by molar-refractivity contribution is 5.66. The third-order valence-corrected chi connectivity index (χ3v) is 3.22. The van der Waals surface area contributed by atoms with Crippen molar-refractivity contribution in [2.24, 2.45) is 0 Å². The van der Waals surface area contributed by atoms with E-state index in [1.165, 1.54) is 0 Å². The lowest BCUT2D eigenvalue weighted by Crippen LogP contribution is -2.14. The number of carboxylic acid groups (broad SMARTS) is 1. The molecule has 0 fully saturated rings. The van der Waals surface area contributed by atoms with E-state index in [0.717, 1.165) is 6.42 Å². The molecule has 0 aromatic heterocycles. The summed E-state index contributed by atoms with van der Waals surface area (Å²) in [6, 6.07) is 0. The predicted octanol–water partition coefficient (Wildman–Crippen LogP) is 0.987. The lowest BCUT2D eigenvalue weighted by atomic mass is 10.2. The van der Waals surface area contributed by atoms with Crippen LogP contribution in [0.25, 0.3) is 0 Å². The summed E-state index contributed by atoms with van der Waals surface area (Å²) < 4.78 is 36.9. The van der Waals surface area contributed by atoms with Gasteiger partial charge in [0, 0.05) is 20.1 Å². The maximum Gasteiger partial charge on any atom is 0.303 e. The van der Waals surface area contributed by atoms with Crippen molar-refractivity contribution < 1.29 is 43.1 Å². The van der Waals surface area contributed by atoms with Crippen LogP contribution in [0.1, 0.15) is 19.3 Å². The molecule has 0 atom stereocenters. The Kier molecular flexibility index (Phi) is 22.5. The van der Waals surface area contributed by atoms with Gasteiger partial charge in [-0.2, -0.15) is 0 Å². The zero-order valence-corrected chi connectivity index (χ0v) is 16.5. The van der Waals surface area contributed by atoms with Gasteiger partial charge in [0.05, 0.1) is 79.3 Å². The van der Waals surface area contributed by atoms with Gasteiger partial charge in [0.1, 0.15) is 0 Å². The van der Waals surface area contributed by atoms with Gasteiger partial charge in [-0.15, -0.1) is 0 Å². The van der Waals surface area contributed by atoms with E-state index in [1.54, 1.807) is 7.11 Å². The van der Waals surface area contributed by atoms with Crippen LogP contribution in [-0.4, -0.2) is 104 Å². The van der Waals surface area contributed by atoms with Crippen LogP contribution in [0.2, 0.25) is 0 Å². The van der Waals surface area contributed by atoms with Crippen LogP contribution >= 0.6 is 0 Å². The Hall–Kier alpha value is -0.810. The van der Waals surface area contributed by atoms with Crippen molar-refractivity contribution in [2.75, 3.05) is 93.0 Å². The molecule has 0 amide bonds. The number of carbonyl (C=O) groups is 1. The third-order valence-electron chi connectivity index (χ3n) is 3.22. The molecule has 0 rings (SSSR count). The van der Waals surface area contributed by atoms with Crippen LogP contribution in [-0.2, 0) is 38.0 Å². The lowest BCUT2D eigenvalue weighted by Gasteiger charge is -2.08. The van der Waals surface area contributed by atoms with Crippen molar-refractivity contribution in [3.63, 3.8) is 0 Å². The zero-order valence-electron chi connectivity index (χ0n) is 16.5. The molecule has 0 aliphatic carbocycles. The normalized spacial score (nSPS) is 11.1. The van der Waals surface area contributed by atoms with Gasteiger partial charge in [0.15, 0.2) is 0 Å². The predicted molar refractivity (Wildman–Crippen MR) is 98.3 cm³/mol. The Bertz CT molecular complexity index is 303. The molecule has 1 N–H and O–H groups in total. The number of methoxy groups -OCH3 is 1. The topological polar surface area (TPSA) is 102 Å². The number of rotatable bonds is 23. The summed E-state index contributed by atoms with van der Waals surface area (Å²) in [7, 11) is 1.64. The number of hydrogen-bond acceptors (Lipinski definition) is 8. The molecule has 9 nitrogen and oxygen atoms in total. The number of carboxylic acids is 1. The van der Waals surface area contributed by atoms with Gasteiger partial charge < -0.3 is 38.3 Å². The average molecular weight is 396 g/mol. The molecule has 0 aliphatic heterocycles. The highest BCUT2D eigenvalue weighted by Crippen LogP contribution is 1.95. The summed E-state index contributed by atoms with van der Waals surface area (Å²) in [6.07, 6.45) is 1.59. The Balaban J connectivity index is 2.98. The van der Waals surface area contributed by atoms with Crippen LogP contribution < -0.4 is 0 Å². The third kappa shape index (κ3) is 25.2. The molecule has 0 aromatic carbocycles. The monoisotopic (exact) mass is 396 g/mol. The minimum absolute atomic E-state index is 0.193. The van der Waals surface area contributed by atoms with E-state index in [-0.39, 0.29) is 6.42 Å². The summed E-state index contributed by atoms with van der Waals surface area (Å²) in [5.41, 5.74) is 0. The van der Waals surface area contributed by atoms with Crippen molar-refractivity contribution in [1.82, 2.24) is 0 Å². The summed E-state index contributed by atoms with van der Waals surface area (Å²) in [5, 5.41) is 8.49. The van der Waals surface area contributed by atoms with Gasteiger partial charge >= 0.3 is 5.97 Å². The van der Waals surface area contributed by atoms with Gasteiger partial charge in [-0.25, -0.2) is 0 Å². The second kappa shape index (κ2) is 23.2. The highest BCUT2D eigenvalue weighted by atomic mass is 16.6. The van der Waals surface area contributed by atoms with Crippen LogP contribution in [0.15, 0.2) is 0 Å². The Morgan fingerprint density at radius 1 is 0.556 bits per heavy atom. The summed E-state index contributed by atoms with van der Waals surface area (Å²) >= 11 is 0. The molecule has 0 heterocycles. The lowest BCUT2D eigenvalue weighted by molar-refractivity contribution is -0.137. The van der Waals surface area contributed by atoms with Crippen LogP contribution in [0.3, 0.4) is 0 Å². The van der Waals surface area contributed by atoms with Gasteiger partial charge in [-0.1, -0.05) is 0 Å². The summed E-state index contributed by atoms with van der Waals surface area (Å²) in [4.78, 5) is 10.3. The van der Waals surface area contributed by atoms with E-state index < -0.39 is 5.97 Å². The number of hydrogen-bond donors (Lipinski definition) is 1. The molecule has 0 aromatic rings. The Morgan fingerprint density at radius 3 is 1.22 bits per heavy atom. The molecule has 0 saturated heterocycles. The van der Waals surface area contributed by atoms with E-state index in [0.29, 0.717) is 92.3 Å². The molecule has 27 heavy (non-hydrogen) atoms. The standard InChI is InChI=1S/C18H36O9/c1-21-6-7-23-10-11-25-14-15-27-17-16-26-13-12-24-9-8-22-5-3-2-4-18(19)20/h2-17H2,1H3,(H,19,20). The first-order valence-electron chi connectivity index (χ1n) is 9.44. The fourth-order valence-electron chi connectivity index (χ4n) is 1.82. The van der Waals surface area contributed by atoms with Crippen LogP contribution in [0.5, 0.6) is 0 Å². The van der Waals surface area contributed by atoms with Gasteiger partial charge in [0.2, 0.25) is 0 Å². The number of unbranched alkanes of at least 4 members (excludes halogenated alkanes) is 1.